The van der Waals surface area contributed by atoms with Gasteiger partial charge in [-0.15, -0.1) is 0 Å². The molecule has 35 heavy (non-hydrogen) atoms. The van der Waals surface area contributed by atoms with Crippen molar-refractivity contribution in [2.24, 2.45) is 0 Å². The van der Waals surface area contributed by atoms with Crippen molar-refractivity contribution in [3.63, 3.8) is 0 Å². The van der Waals surface area contributed by atoms with Gasteiger partial charge in [-0.25, -0.2) is 0 Å². The summed E-state index contributed by atoms with van der Waals surface area (Å²) in [5, 5.41) is 11.4. The molecule has 1 amide bonds. The van der Waals surface area contributed by atoms with Crippen LogP contribution >= 0.6 is 0 Å². The first-order valence-corrected chi connectivity index (χ1v) is 11.6. The number of aryl methyl sites for hydroxylation is 2. The molecule has 1 aliphatic heterocycles. The molecular weight excluding hydrogens is 440 g/mol. The third-order valence-electron chi connectivity index (χ3n) is 6.19. The van der Waals surface area contributed by atoms with Crippen molar-refractivity contribution in [2.45, 2.75) is 26.8 Å². The SMILES string of the molecule is CCOc1ccc(/C(O)=C2/C(=O)C(=O)N(c3ccc(N(C)C)cc3)C2c2cccc(C)c2)cc1C. The van der Waals surface area contributed by atoms with E-state index in [-0.39, 0.29) is 11.3 Å². The number of aliphatic hydroxyl groups excluding tert-OH is 1. The maximum atomic E-state index is 13.4. The van der Waals surface area contributed by atoms with Crippen LogP contribution in [0.4, 0.5) is 11.4 Å². The zero-order chi connectivity index (χ0) is 25.3. The number of anilines is 2. The van der Waals surface area contributed by atoms with E-state index in [1.54, 1.807) is 18.2 Å². The molecule has 1 heterocycles. The van der Waals surface area contributed by atoms with Gasteiger partial charge in [0.25, 0.3) is 11.7 Å². The third kappa shape index (κ3) is 4.52. The number of ether oxygens (including phenoxy) is 1. The average Bonchev–Trinajstić information content (AvgIpc) is 3.10. The summed E-state index contributed by atoms with van der Waals surface area (Å²) in [6, 6.07) is 19.6. The molecule has 0 spiro atoms. The standard InChI is InChI=1S/C29H30N2O4/c1-6-35-24-15-10-21(17-19(24)3)27(32)25-26(20-9-7-8-18(2)16-20)31(29(34)28(25)33)23-13-11-22(12-14-23)30(4)5/h7-17,26,32H,6H2,1-5H3/b27-25-. The third-order valence-corrected chi connectivity index (χ3v) is 6.19. The maximum Gasteiger partial charge on any atom is 0.300 e. The van der Waals surface area contributed by atoms with E-state index in [1.165, 1.54) is 4.90 Å². The number of carbonyl (C=O) groups is 2. The maximum absolute atomic E-state index is 13.4. The lowest BCUT2D eigenvalue weighted by molar-refractivity contribution is -0.132. The fourth-order valence-electron chi connectivity index (χ4n) is 4.44. The number of hydrogen-bond acceptors (Lipinski definition) is 5. The van der Waals surface area contributed by atoms with Gasteiger partial charge in [0.15, 0.2) is 0 Å². The van der Waals surface area contributed by atoms with E-state index in [2.05, 4.69) is 0 Å². The van der Waals surface area contributed by atoms with Crippen molar-refractivity contribution in [3.05, 3.63) is 94.6 Å². The lowest BCUT2D eigenvalue weighted by Crippen LogP contribution is -2.29. The van der Waals surface area contributed by atoms with Crippen LogP contribution in [0.15, 0.2) is 72.3 Å². The minimum absolute atomic E-state index is 0.0702. The Labute approximate surface area is 206 Å². The molecule has 3 aromatic rings. The van der Waals surface area contributed by atoms with Crippen LogP contribution in [0, 0.1) is 13.8 Å². The van der Waals surface area contributed by atoms with Crippen LogP contribution in [0.3, 0.4) is 0 Å². The first-order chi connectivity index (χ1) is 16.7. The summed E-state index contributed by atoms with van der Waals surface area (Å²) in [4.78, 5) is 30.1. The number of amides is 1. The van der Waals surface area contributed by atoms with E-state index in [9.17, 15) is 14.7 Å². The van der Waals surface area contributed by atoms with Gasteiger partial charge in [-0.2, -0.15) is 0 Å². The molecule has 1 N–H and O–H groups in total. The van der Waals surface area contributed by atoms with Crippen LogP contribution in [0.2, 0.25) is 0 Å². The van der Waals surface area contributed by atoms with Crippen LogP contribution in [-0.4, -0.2) is 37.5 Å². The largest absolute Gasteiger partial charge is 0.507 e. The Morgan fingerprint density at radius 1 is 1.00 bits per heavy atom. The Bertz CT molecular complexity index is 1310. The first kappa shape index (κ1) is 24.1. The van der Waals surface area contributed by atoms with Crippen LogP contribution in [-0.2, 0) is 9.59 Å². The van der Waals surface area contributed by atoms with E-state index in [1.807, 2.05) is 88.3 Å². The molecular formula is C29H30N2O4. The van der Waals surface area contributed by atoms with Gasteiger partial charge in [-0.05, 0) is 74.4 Å². The highest BCUT2D eigenvalue weighted by atomic mass is 16.5. The molecule has 0 radical (unpaired) electrons. The molecule has 6 nitrogen and oxygen atoms in total. The Balaban J connectivity index is 1.89. The van der Waals surface area contributed by atoms with Gasteiger partial charge >= 0.3 is 0 Å². The van der Waals surface area contributed by atoms with Crippen LogP contribution in [0.1, 0.15) is 35.2 Å². The van der Waals surface area contributed by atoms with Crippen molar-refractivity contribution in [1.82, 2.24) is 0 Å². The van der Waals surface area contributed by atoms with E-state index in [0.29, 0.717) is 23.6 Å². The molecule has 0 saturated carbocycles. The Kier molecular flexibility index (Phi) is 6.65. The Morgan fingerprint density at radius 2 is 1.71 bits per heavy atom. The second-order valence-electron chi connectivity index (χ2n) is 8.91. The number of hydrogen-bond donors (Lipinski definition) is 1. The highest BCUT2D eigenvalue weighted by molar-refractivity contribution is 6.51. The number of benzene rings is 3. The van der Waals surface area contributed by atoms with Gasteiger partial charge in [0.2, 0.25) is 0 Å². The molecule has 1 atom stereocenters. The Morgan fingerprint density at radius 3 is 2.31 bits per heavy atom. The number of rotatable bonds is 6. The lowest BCUT2D eigenvalue weighted by Gasteiger charge is -2.26. The summed E-state index contributed by atoms with van der Waals surface area (Å²) in [5.41, 5.74) is 4.67. The minimum atomic E-state index is -0.757. The summed E-state index contributed by atoms with van der Waals surface area (Å²) < 4.78 is 5.61. The van der Waals surface area contributed by atoms with E-state index in [0.717, 1.165) is 22.4 Å². The smallest absolute Gasteiger partial charge is 0.300 e. The second-order valence-corrected chi connectivity index (χ2v) is 8.91. The van der Waals surface area contributed by atoms with Crippen LogP contribution in [0.5, 0.6) is 5.75 Å². The number of nitrogens with zero attached hydrogens (tertiary/aromatic N) is 2. The summed E-state index contributed by atoms with van der Waals surface area (Å²) in [7, 11) is 3.87. The molecule has 1 aliphatic rings. The normalized spacial score (nSPS) is 17.1. The van der Waals surface area contributed by atoms with Gasteiger partial charge in [-0.3, -0.25) is 14.5 Å². The molecule has 1 saturated heterocycles. The molecule has 0 aromatic heterocycles. The Hall–Kier alpha value is -4.06. The van der Waals surface area contributed by atoms with Gasteiger partial charge in [-0.1, -0.05) is 29.8 Å². The van der Waals surface area contributed by atoms with Gasteiger partial charge in [0.05, 0.1) is 18.2 Å². The molecule has 3 aromatic carbocycles. The van der Waals surface area contributed by atoms with E-state index in [4.69, 9.17) is 4.74 Å². The van der Waals surface area contributed by atoms with Crippen molar-refractivity contribution in [3.8, 4) is 5.75 Å². The lowest BCUT2D eigenvalue weighted by atomic mass is 9.94. The molecule has 0 aliphatic carbocycles. The monoisotopic (exact) mass is 470 g/mol. The summed E-state index contributed by atoms with van der Waals surface area (Å²) in [5.74, 6) is -0.871. The van der Waals surface area contributed by atoms with Gasteiger partial charge in [0.1, 0.15) is 11.5 Å². The first-order valence-electron chi connectivity index (χ1n) is 11.6. The summed E-state index contributed by atoms with van der Waals surface area (Å²) in [6.07, 6.45) is 0. The predicted molar refractivity (Wildman–Crippen MR) is 139 cm³/mol. The predicted octanol–water partition coefficient (Wildman–Crippen LogP) is 5.39. The zero-order valence-corrected chi connectivity index (χ0v) is 20.7. The molecule has 1 fully saturated rings. The zero-order valence-electron chi connectivity index (χ0n) is 20.7. The highest BCUT2D eigenvalue weighted by Gasteiger charge is 2.47. The van der Waals surface area contributed by atoms with E-state index < -0.39 is 17.7 Å². The average molecular weight is 471 g/mol. The fourth-order valence-corrected chi connectivity index (χ4v) is 4.44. The molecule has 4 rings (SSSR count). The number of ketones is 1. The molecule has 1 unspecified atom stereocenters. The number of aliphatic hydroxyl groups is 1. The van der Waals surface area contributed by atoms with Crippen molar-refractivity contribution in [2.75, 3.05) is 30.5 Å². The van der Waals surface area contributed by atoms with Crippen LogP contribution in [0.25, 0.3) is 5.76 Å². The van der Waals surface area contributed by atoms with E-state index >= 15 is 0 Å². The van der Waals surface area contributed by atoms with Gasteiger partial charge in [0, 0.05) is 31.0 Å². The number of Topliss-reactive ketones (excluding diaryl/α,β-unsaturated/α-hetero) is 1. The van der Waals surface area contributed by atoms with Gasteiger partial charge < -0.3 is 14.7 Å². The fraction of sp³-hybridized carbons (Fsp3) is 0.241. The summed E-state index contributed by atoms with van der Waals surface area (Å²) in [6.45, 7) is 6.26. The summed E-state index contributed by atoms with van der Waals surface area (Å²) >= 11 is 0. The van der Waals surface area contributed by atoms with Crippen molar-refractivity contribution >= 4 is 28.8 Å². The molecule has 0 bridgehead atoms. The second kappa shape index (κ2) is 9.66. The topological polar surface area (TPSA) is 70.1 Å². The molecule has 180 valence electrons. The highest BCUT2D eigenvalue weighted by Crippen LogP contribution is 2.43. The molecule has 6 heteroatoms. The minimum Gasteiger partial charge on any atom is -0.507 e. The number of carbonyl (C=O) groups excluding carboxylic acids is 2. The van der Waals surface area contributed by atoms with Crippen LogP contribution < -0.4 is 14.5 Å². The van der Waals surface area contributed by atoms with Crippen molar-refractivity contribution < 1.29 is 19.4 Å². The van der Waals surface area contributed by atoms with Crippen molar-refractivity contribution in [1.29, 1.82) is 0 Å². The quantitative estimate of drug-likeness (QED) is 0.297.